The number of ether oxygens (including phenoxy) is 2. The number of morpholine rings is 1. The van der Waals surface area contributed by atoms with Gasteiger partial charge in [0, 0.05) is 44.9 Å². The molecule has 2 heterocycles. The zero-order valence-electron chi connectivity index (χ0n) is 15.0. The number of carbonyl (C=O) groups is 1. The lowest BCUT2D eigenvalue weighted by atomic mass is 10.1. The van der Waals surface area contributed by atoms with Crippen LogP contribution in [0.2, 0.25) is 5.02 Å². The molecule has 1 saturated heterocycles. The lowest BCUT2D eigenvalue weighted by molar-refractivity contribution is -0.114. The topological polar surface area (TPSA) is 68.6 Å². The molecule has 0 unspecified atom stereocenters. The van der Waals surface area contributed by atoms with E-state index in [1.165, 1.54) is 6.92 Å². The summed E-state index contributed by atoms with van der Waals surface area (Å²) in [4.78, 5) is 13.7. The van der Waals surface area contributed by atoms with Crippen molar-refractivity contribution in [2.45, 2.75) is 6.92 Å². The van der Waals surface area contributed by atoms with Gasteiger partial charge >= 0.3 is 0 Å². The third-order valence-corrected chi connectivity index (χ3v) is 4.49. The number of rotatable bonds is 6. The Bertz CT molecular complexity index is 752. The summed E-state index contributed by atoms with van der Waals surface area (Å²) < 4.78 is 13.1. The first-order valence-electron chi connectivity index (χ1n) is 8.57. The van der Waals surface area contributed by atoms with E-state index >= 15 is 0 Å². The van der Waals surface area contributed by atoms with Crippen molar-refractivity contribution >= 4 is 23.2 Å². The minimum Gasteiger partial charge on any atom is -0.492 e. The predicted octanol–water partition coefficient (Wildman–Crippen LogP) is 2.41. The molecule has 1 aliphatic rings. The number of benzene rings is 1. The van der Waals surface area contributed by atoms with E-state index in [9.17, 15) is 4.79 Å². The van der Waals surface area contributed by atoms with Crippen molar-refractivity contribution in [3.05, 3.63) is 29.4 Å². The Morgan fingerprint density at radius 1 is 1.38 bits per heavy atom. The minimum atomic E-state index is -0.131. The van der Waals surface area contributed by atoms with Crippen LogP contribution in [0.15, 0.2) is 24.4 Å². The fourth-order valence-electron chi connectivity index (χ4n) is 2.95. The molecule has 1 aliphatic heterocycles. The monoisotopic (exact) mass is 378 g/mol. The molecule has 0 atom stereocenters. The number of carbonyl (C=O) groups excluding carboxylic acids is 1. The first kappa shape index (κ1) is 18.7. The van der Waals surface area contributed by atoms with Crippen molar-refractivity contribution in [1.82, 2.24) is 14.7 Å². The Labute approximate surface area is 157 Å². The Hall–Kier alpha value is -2.09. The highest BCUT2D eigenvalue weighted by molar-refractivity contribution is 6.33. The van der Waals surface area contributed by atoms with Crippen LogP contribution in [0.4, 0.5) is 5.69 Å². The Kier molecular flexibility index (Phi) is 6.13. The van der Waals surface area contributed by atoms with Gasteiger partial charge in [0.15, 0.2) is 0 Å². The smallest absolute Gasteiger partial charge is 0.221 e. The molecule has 0 saturated carbocycles. The lowest BCUT2D eigenvalue weighted by Crippen LogP contribution is -2.38. The number of amides is 1. The largest absolute Gasteiger partial charge is 0.492 e. The van der Waals surface area contributed by atoms with Gasteiger partial charge in [-0.25, -0.2) is 0 Å². The van der Waals surface area contributed by atoms with Gasteiger partial charge in [0.25, 0.3) is 0 Å². The zero-order chi connectivity index (χ0) is 18.5. The summed E-state index contributed by atoms with van der Waals surface area (Å²) in [6, 6.07) is 5.52. The Balaban J connectivity index is 1.80. The van der Waals surface area contributed by atoms with Crippen molar-refractivity contribution in [3.63, 3.8) is 0 Å². The van der Waals surface area contributed by atoms with Crippen LogP contribution >= 0.6 is 11.6 Å². The maximum atomic E-state index is 11.4. The highest BCUT2D eigenvalue weighted by Crippen LogP contribution is 2.36. The molecule has 0 bridgehead atoms. The van der Waals surface area contributed by atoms with Gasteiger partial charge in [-0.1, -0.05) is 11.6 Å². The second kappa shape index (κ2) is 8.53. The SMILES string of the molecule is CC(=O)Nc1ccc(OCCN2CCOCC2)c(-c2c(Cl)cnn2C)c1. The second-order valence-electron chi connectivity index (χ2n) is 6.16. The summed E-state index contributed by atoms with van der Waals surface area (Å²) in [6.45, 7) is 6.24. The van der Waals surface area contributed by atoms with Crippen molar-refractivity contribution < 1.29 is 14.3 Å². The molecule has 7 nitrogen and oxygen atoms in total. The van der Waals surface area contributed by atoms with E-state index in [2.05, 4.69) is 15.3 Å². The third-order valence-electron chi connectivity index (χ3n) is 4.22. The van der Waals surface area contributed by atoms with Gasteiger partial charge in [0.2, 0.25) is 5.91 Å². The van der Waals surface area contributed by atoms with Crippen LogP contribution in [0.3, 0.4) is 0 Å². The number of anilines is 1. The van der Waals surface area contributed by atoms with Gasteiger partial charge in [-0.15, -0.1) is 0 Å². The summed E-state index contributed by atoms with van der Waals surface area (Å²) in [5, 5.41) is 7.52. The molecule has 0 spiro atoms. The van der Waals surface area contributed by atoms with Crippen LogP contribution in [0.1, 0.15) is 6.92 Å². The first-order chi connectivity index (χ1) is 12.5. The van der Waals surface area contributed by atoms with Gasteiger partial charge in [0.05, 0.1) is 30.1 Å². The van der Waals surface area contributed by atoms with E-state index in [1.807, 2.05) is 25.2 Å². The highest BCUT2D eigenvalue weighted by atomic mass is 35.5. The molecule has 1 N–H and O–H groups in total. The Morgan fingerprint density at radius 3 is 2.81 bits per heavy atom. The molecule has 2 aromatic rings. The van der Waals surface area contributed by atoms with Gasteiger partial charge in [-0.3, -0.25) is 14.4 Å². The first-order valence-corrected chi connectivity index (χ1v) is 8.95. The van der Waals surface area contributed by atoms with E-state index in [4.69, 9.17) is 21.1 Å². The van der Waals surface area contributed by atoms with E-state index in [1.54, 1.807) is 10.9 Å². The maximum absolute atomic E-state index is 11.4. The van der Waals surface area contributed by atoms with Crippen LogP contribution in [0.5, 0.6) is 5.75 Å². The zero-order valence-corrected chi connectivity index (χ0v) is 15.8. The van der Waals surface area contributed by atoms with E-state index in [0.717, 1.165) is 44.1 Å². The van der Waals surface area contributed by atoms with Crippen molar-refractivity contribution in [1.29, 1.82) is 0 Å². The van der Waals surface area contributed by atoms with E-state index < -0.39 is 0 Å². The molecule has 3 rings (SSSR count). The summed E-state index contributed by atoms with van der Waals surface area (Å²) in [6.07, 6.45) is 1.60. The van der Waals surface area contributed by atoms with Gasteiger partial charge in [-0.05, 0) is 18.2 Å². The van der Waals surface area contributed by atoms with Gasteiger partial charge < -0.3 is 14.8 Å². The summed E-state index contributed by atoms with van der Waals surface area (Å²) >= 11 is 6.32. The number of hydrogen-bond donors (Lipinski definition) is 1. The fraction of sp³-hybridized carbons (Fsp3) is 0.444. The van der Waals surface area contributed by atoms with Crippen LogP contribution in [0.25, 0.3) is 11.3 Å². The number of nitrogens with zero attached hydrogens (tertiary/aromatic N) is 3. The quantitative estimate of drug-likeness (QED) is 0.836. The molecule has 1 aromatic carbocycles. The molecular formula is C18H23ClN4O3. The fourth-order valence-corrected chi connectivity index (χ4v) is 3.21. The molecule has 0 aliphatic carbocycles. The average Bonchev–Trinajstić information content (AvgIpc) is 2.95. The number of aryl methyl sites for hydroxylation is 1. The number of nitrogens with one attached hydrogen (secondary N) is 1. The number of halogens is 1. The molecule has 140 valence electrons. The predicted molar refractivity (Wildman–Crippen MR) is 101 cm³/mol. The van der Waals surface area contributed by atoms with Gasteiger partial charge in [0.1, 0.15) is 12.4 Å². The molecular weight excluding hydrogens is 356 g/mol. The number of hydrogen-bond acceptors (Lipinski definition) is 5. The van der Waals surface area contributed by atoms with Crippen molar-refractivity contribution in [3.8, 4) is 17.0 Å². The molecule has 1 amide bonds. The van der Waals surface area contributed by atoms with Crippen LogP contribution in [0, 0.1) is 0 Å². The van der Waals surface area contributed by atoms with Crippen molar-refractivity contribution in [2.75, 3.05) is 44.8 Å². The summed E-state index contributed by atoms with van der Waals surface area (Å²) in [5.41, 5.74) is 2.23. The second-order valence-corrected chi connectivity index (χ2v) is 6.57. The molecule has 1 fully saturated rings. The normalized spacial score (nSPS) is 15.0. The van der Waals surface area contributed by atoms with Gasteiger partial charge in [-0.2, -0.15) is 5.10 Å². The highest BCUT2D eigenvalue weighted by Gasteiger charge is 2.17. The van der Waals surface area contributed by atoms with Crippen molar-refractivity contribution in [2.24, 2.45) is 7.05 Å². The molecule has 8 heteroatoms. The lowest BCUT2D eigenvalue weighted by Gasteiger charge is -2.26. The molecule has 1 aromatic heterocycles. The van der Waals surface area contributed by atoms with Crippen LogP contribution in [-0.4, -0.2) is 60.0 Å². The Morgan fingerprint density at radius 2 is 2.15 bits per heavy atom. The average molecular weight is 379 g/mol. The third kappa shape index (κ3) is 4.55. The molecule has 0 radical (unpaired) electrons. The van der Waals surface area contributed by atoms with E-state index in [0.29, 0.717) is 23.1 Å². The summed E-state index contributed by atoms with van der Waals surface area (Å²) in [7, 11) is 1.82. The maximum Gasteiger partial charge on any atom is 0.221 e. The van der Waals surface area contributed by atoms with Crippen LogP contribution in [-0.2, 0) is 16.6 Å². The summed E-state index contributed by atoms with van der Waals surface area (Å²) in [5.74, 6) is 0.575. The van der Waals surface area contributed by atoms with Crippen LogP contribution < -0.4 is 10.1 Å². The van der Waals surface area contributed by atoms with E-state index in [-0.39, 0.29) is 5.91 Å². The number of aromatic nitrogens is 2. The standard InChI is InChI=1S/C18H23ClN4O3/c1-13(24)21-14-3-4-17(26-10-7-23-5-8-25-9-6-23)15(11-14)18-16(19)12-20-22(18)2/h3-4,11-12H,5-10H2,1-2H3,(H,21,24). The molecule has 26 heavy (non-hydrogen) atoms. The minimum absolute atomic E-state index is 0.131.